The highest BCUT2D eigenvalue weighted by molar-refractivity contribution is 7.98. The Balaban J connectivity index is 1.34. The highest BCUT2D eigenvalue weighted by Crippen LogP contribution is 2.55. The molecule has 2 bridgehead atoms. The maximum atomic E-state index is 14.4. The van der Waals surface area contributed by atoms with Gasteiger partial charge in [0, 0.05) is 22.2 Å². The Bertz CT molecular complexity index is 1430. The molecule has 1 spiro atoms. The standard InChI is InChI=1S/C34H41N3O5S/c1-5-41-26-15-7-6-11-22(26)19-37-30(32(39)36-25-14-8-10-20(2)21(25)3)34-17-16-27(42-34)28(29(34)33(37)40)31(38)35-23-12-9-13-24(18-23)43-4/h6-7,9,11-13,15-18,20-21,25,27-30H,5,8,10,14,19H2,1-4H3,(H,35,38)(H,36,39)/t20-,21+,25-,27+,28-,29+,30+,34+/m1/s1. The number of anilines is 1. The third-order valence-corrected chi connectivity index (χ3v) is 10.6. The second-order valence-corrected chi connectivity index (χ2v) is 13.2. The van der Waals surface area contributed by atoms with Crippen molar-refractivity contribution < 1.29 is 23.9 Å². The Labute approximate surface area is 257 Å². The monoisotopic (exact) mass is 603 g/mol. The predicted octanol–water partition coefficient (Wildman–Crippen LogP) is 5.04. The molecule has 4 aliphatic rings. The molecule has 3 aliphatic heterocycles. The van der Waals surface area contributed by atoms with Crippen molar-refractivity contribution in [2.45, 2.75) is 75.3 Å². The van der Waals surface area contributed by atoms with Gasteiger partial charge in [-0.3, -0.25) is 14.4 Å². The predicted molar refractivity (Wildman–Crippen MR) is 167 cm³/mol. The molecule has 2 saturated heterocycles. The minimum Gasteiger partial charge on any atom is -0.494 e. The summed E-state index contributed by atoms with van der Waals surface area (Å²) >= 11 is 1.59. The maximum absolute atomic E-state index is 14.4. The summed E-state index contributed by atoms with van der Waals surface area (Å²) in [5.74, 6) is -0.836. The zero-order chi connectivity index (χ0) is 30.3. The Morgan fingerprint density at radius 1 is 1.12 bits per heavy atom. The van der Waals surface area contributed by atoms with E-state index in [4.69, 9.17) is 9.47 Å². The smallest absolute Gasteiger partial charge is 0.246 e. The minimum absolute atomic E-state index is 0.0183. The number of ether oxygens (including phenoxy) is 2. The van der Waals surface area contributed by atoms with Crippen LogP contribution in [0.4, 0.5) is 5.69 Å². The summed E-state index contributed by atoms with van der Waals surface area (Å²) < 4.78 is 12.4. The molecule has 228 valence electrons. The molecule has 1 saturated carbocycles. The van der Waals surface area contributed by atoms with Crippen molar-refractivity contribution in [2.24, 2.45) is 23.7 Å². The number of thioether (sulfide) groups is 1. The van der Waals surface area contributed by atoms with Crippen LogP contribution in [-0.4, -0.2) is 59.3 Å². The lowest BCUT2D eigenvalue weighted by Gasteiger charge is -2.38. The lowest BCUT2D eigenvalue weighted by molar-refractivity contribution is -0.142. The van der Waals surface area contributed by atoms with Crippen LogP contribution in [0, 0.1) is 23.7 Å². The highest BCUT2D eigenvalue weighted by atomic mass is 32.2. The number of hydrogen-bond donors (Lipinski definition) is 2. The van der Waals surface area contributed by atoms with Gasteiger partial charge in [0.15, 0.2) is 0 Å². The van der Waals surface area contributed by atoms with E-state index >= 15 is 0 Å². The van der Waals surface area contributed by atoms with Crippen LogP contribution >= 0.6 is 11.8 Å². The summed E-state index contributed by atoms with van der Waals surface area (Å²) in [6.07, 6.45) is 8.22. The van der Waals surface area contributed by atoms with Gasteiger partial charge in [0.1, 0.15) is 17.4 Å². The molecule has 2 aromatic carbocycles. The number of fused-ring (bicyclic) bond motifs is 1. The Morgan fingerprint density at radius 3 is 2.72 bits per heavy atom. The van der Waals surface area contributed by atoms with Gasteiger partial charge >= 0.3 is 0 Å². The van der Waals surface area contributed by atoms with Crippen LogP contribution in [0.25, 0.3) is 0 Å². The van der Waals surface area contributed by atoms with Crippen molar-refractivity contribution in [3.8, 4) is 5.75 Å². The molecule has 8 atom stereocenters. The normalized spacial score (nSPS) is 32.5. The molecular weight excluding hydrogens is 562 g/mol. The van der Waals surface area contributed by atoms with E-state index in [0.717, 1.165) is 29.7 Å². The molecule has 0 unspecified atom stereocenters. The summed E-state index contributed by atoms with van der Waals surface area (Å²) in [5, 5.41) is 6.35. The Kier molecular flexibility index (Phi) is 8.31. The molecule has 9 heteroatoms. The number of hydrogen-bond acceptors (Lipinski definition) is 6. The first-order valence-corrected chi connectivity index (χ1v) is 16.6. The number of nitrogens with zero attached hydrogens (tertiary/aromatic N) is 1. The number of rotatable bonds is 9. The molecule has 8 nitrogen and oxygen atoms in total. The van der Waals surface area contributed by atoms with Crippen LogP contribution < -0.4 is 15.4 Å². The zero-order valence-corrected chi connectivity index (χ0v) is 26.1. The van der Waals surface area contributed by atoms with Gasteiger partial charge in [0.2, 0.25) is 17.7 Å². The van der Waals surface area contributed by atoms with E-state index in [2.05, 4.69) is 24.5 Å². The van der Waals surface area contributed by atoms with Crippen molar-refractivity contribution >= 4 is 35.2 Å². The number of nitrogens with one attached hydrogen (secondary N) is 2. The van der Waals surface area contributed by atoms with E-state index in [1.807, 2.05) is 73.9 Å². The quantitative estimate of drug-likeness (QED) is 0.308. The van der Waals surface area contributed by atoms with Gasteiger partial charge in [-0.15, -0.1) is 11.8 Å². The first kappa shape index (κ1) is 29.8. The second kappa shape index (κ2) is 12.0. The SMILES string of the molecule is CCOc1ccccc1CN1C(=O)[C@@H]2[C@H](C(=O)Nc3cccc(SC)c3)[C@@H]3C=C[C@@]2(O3)[C@@H]1C(=O)N[C@@H]1CCC[C@@H](C)[C@@H]1C. The van der Waals surface area contributed by atoms with Gasteiger partial charge < -0.3 is 25.0 Å². The molecule has 2 N–H and O–H groups in total. The second-order valence-electron chi connectivity index (χ2n) is 12.3. The molecule has 2 aromatic rings. The number of benzene rings is 2. The molecule has 43 heavy (non-hydrogen) atoms. The van der Waals surface area contributed by atoms with Crippen molar-refractivity contribution in [1.82, 2.24) is 10.2 Å². The third-order valence-electron chi connectivity index (χ3n) is 9.91. The Morgan fingerprint density at radius 2 is 1.93 bits per heavy atom. The van der Waals surface area contributed by atoms with Crippen LogP contribution in [0.15, 0.2) is 65.6 Å². The molecule has 3 heterocycles. The summed E-state index contributed by atoms with van der Waals surface area (Å²) in [6, 6.07) is 14.3. The first-order chi connectivity index (χ1) is 20.8. The topological polar surface area (TPSA) is 97.0 Å². The average Bonchev–Trinajstić information content (AvgIpc) is 3.64. The zero-order valence-electron chi connectivity index (χ0n) is 25.2. The van der Waals surface area contributed by atoms with Gasteiger partial charge in [-0.25, -0.2) is 0 Å². The summed E-state index contributed by atoms with van der Waals surface area (Å²) in [5.41, 5.74) is 0.249. The molecule has 1 aliphatic carbocycles. The molecule has 0 aromatic heterocycles. The van der Waals surface area contributed by atoms with Crippen LogP contribution in [0.1, 0.15) is 45.6 Å². The molecule has 3 fully saturated rings. The van der Waals surface area contributed by atoms with Crippen molar-refractivity contribution in [3.05, 3.63) is 66.2 Å². The molecule has 6 rings (SSSR count). The fourth-order valence-corrected chi connectivity index (χ4v) is 7.99. The molecule has 0 radical (unpaired) electrons. The van der Waals surface area contributed by atoms with Crippen molar-refractivity contribution in [1.29, 1.82) is 0 Å². The van der Waals surface area contributed by atoms with E-state index in [1.54, 1.807) is 16.7 Å². The van der Waals surface area contributed by atoms with E-state index in [0.29, 0.717) is 29.9 Å². The fraction of sp³-hybridized carbons (Fsp3) is 0.500. The molecule has 3 amide bonds. The first-order valence-electron chi connectivity index (χ1n) is 15.4. The summed E-state index contributed by atoms with van der Waals surface area (Å²) in [6.45, 7) is 6.99. The van der Waals surface area contributed by atoms with Crippen molar-refractivity contribution in [3.63, 3.8) is 0 Å². The van der Waals surface area contributed by atoms with Gasteiger partial charge in [-0.05, 0) is 55.7 Å². The lowest BCUT2D eigenvalue weighted by Crippen LogP contribution is -2.57. The lowest BCUT2D eigenvalue weighted by atomic mass is 9.73. The van der Waals surface area contributed by atoms with Gasteiger partial charge in [-0.1, -0.05) is 63.1 Å². The van der Waals surface area contributed by atoms with E-state index in [1.165, 1.54) is 0 Å². The number of para-hydroxylation sites is 1. The van der Waals surface area contributed by atoms with Crippen LogP contribution in [-0.2, 0) is 25.7 Å². The highest BCUT2D eigenvalue weighted by Gasteiger charge is 2.72. The minimum atomic E-state index is -1.22. The van der Waals surface area contributed by atoms with E-state index < -0.39 is 29.6 Å². The Hall–Kier alpha value is -3.30. The summed E-state index contributed by atoms with van der Waals surface area (Å²) in [4.78, 5) is 45.3. The summed E-state index contributed by atoms with van der Waals surface area (Å²) in [7, 11) is 0. The number of carbonyl (C=O) groups is 3. The van der Waals surface area contributed by atoms with Crippen LogP contribution in [0.3, 0.4) is 0 Å². The third kappa shape index (κ3) is 5.24. The largest absolute Gasteiger partial charge is 0.494 e. The van der Waals surface area contributed by atoms with Gasteiger partial charge in [0.25, 0.3) is 0 Å². The van der Waals surface area contributed by atoms with E-state index in [9.17, 15) is 14.4 Å². The average molecular weight is 604 g/mol. The van der Waals surface area contributed by atoms with Crippen LogP contribution in [0.2, 0.25) is 0 Å². The van der Waals surface area contributed by atoms with Gasteiger partial charge in [0.05, 0.1) is 31.1 Å². The van der Waals surface area contributed by atoms with Crippen LogP contribution in [0.5, 0.6) is 5.75 Å². The number of likely N-dealkylation sites (tertiary alicyclic amines) is 1. The number of carbonyl (C=O) groups excluding carboxylic acids is 3. The number of amides is 3. The molecular formula is C34H41N3O5S. The maximum Gasteiger partial charge on any atom is 0.246 e. The van der Waals surface area contributed by atoms with Gasteiger partial charge in [-0.2, -0.15) is 0 Å². The fourth-order valence-electron chi connectivity index (χ4n) is 7.53. The van der Waals surface area contributed by atoms with E-state index in [-0.39, 0.29) is 30.3 Å². The van der Waals surface area contributed by atoms with Crippen molar-refractivity contribution in [2.75, 3.05) is 18.2 Å².